The van der Waals surface area contributed by atoms with Crippen molar-refractivity contribution in [2.24, 2.45) is 5.92 Å². The molecule has 1 heterocycles. The van der Waals surface area contributed by atoms with Gasteiger partial charge in [0.25, 0.3) is 0 Å². The minimum atomic E-state index is -0.221. The molecular formula is C20H19FO2. The lowest BCUT2D eigenvalue weighted by Gasteiger charge is -2.23. The molecule has 0 atom stereocenters. The lowest BCUT2D eigenvalue weighted by molar-refractivity contribution is 0.298. The van der Waals surface area contributed by atoms with Crippen molar-refractivity contribution < 1.29 is 13.9 Å². The van der Waals surface area contributed by atoms with Crippen LogP contribution in [0.25, 0.3) is 5.57 Å². The molecule has 0 spiro atoms. The summed E-state index contributed by atoms with van der Waals surface area (Å²) in [4.78, 5) is 0. The lowest BCUT2D eigenvalue weighted by atomic mass is 9.91. The van der Waals surface area contributed by atoms with Crippen molar-refractivity contribution in [1.29, 1.82) is 0 Å². The van der Waals surface area contributed by atoms with E-state index in [0.717, 1.165) is 46.3 Å². The largest absolute Gasteiger partial charge is 0.493 e. The van der Waals surface area contributed by atoms with Gasteiger partial charge in [0.05, 0.1) is 6.61 Å². The third-order valence-electron chi connectivity index (χ3n) is 4.41. The Labute approximate surface area is 135 Å². The Morgan fingerprint density at radius 2 is 1.91 bits per heavy atom. The monoisotopic (exact) mass is 310 g/mol. The molecule has 0 saturated heterocycles. The highest BCUT2D eigenvalue weighted by Gasteiger charge is 2.23. The van der Waals surface area contributed by atoms with Crippen LogP contribution in [0, 0.1) is 11.7 Å². The highest BCUT2D eigenvalue weighted by molar-refractivity contribution is 5.86. The maximum absolute atomic E-state index is 13.2. The van der Waals surface area contributed by atoms with E-state index in [0.29, 0.717) is 6.61 Å². The fraction of sp³-hybridized carbons (Fsp3) is 0.300. The zero-order valence-corrected chi connectivity index (χ0v) is 13.1. The molecule has 2 aromatic carbocycles. The van der Waals surface area contributed by atoms with E-state index in [-0.39, 0.29) is 5.82 Å². The third kappa shape index (κ3) is 2.96. The Kier molecular flexibility index (Phi) is 3.56. The minimum absolute atomic E-state index is 0.221. The molecule has 2 aromatic rings. The van der Waals surface area contributed by atoms with Crippen LogP contribution >= 0.6 is 0 Å². The normalized spacial score (nSPS) is 16.8. The van der Waals surface area contributed by atoms with Gasteiger partial charge in [-0.25, -0.2) is 4.39 Å². The van der Waals surface area contributed by atoms with Crippen LogP contribution in [0.1, 0.15) is 30.9 Å². The summed E-state index contributed by atoms with van der Waals surface area (Å²) in [5, 5.41) is 0. The zero-order chi connectivity index (χ0) is 15.8. The molecule has 0 N–H and O–H groups in total. The molecule has 0 bridgehead atoms. The summed E-state index contributed by atoms with van der Waals surface area (Å²) in [7, 11) is 0. The Morgan fingerprint density at radius 1 is 1.13 bits per heavy atom. The number of halogens is 1. The van der Waals surface area contributed by atoms with Crippen LogP contribution in [0.4, 0.5) is 4.39 Å². The molecule has 4 rings (SSSR count). The van der Waals surface area contributed by atoms with Gasteiger partial charge in [-0.05, 0) is 72.7 Å². The second-order valence-corrected chi connectivity index (χ2v) is 6.36. The number of ether oxygens (including phenoxy) is 2. The predicted octanol–water partition coefficient (Wildman–Crippen LogP) is 4.83. The van der Waals surface area contributed by atoms with Crippen LogP contribution in [0.3, 0.4) is 0 Å². The van der Waals surface area contributed by atoms with E-state index in [1.807, 2.05) is 30.3 Å². The highest BCUT2D eigenvalue weighted by Crippen LogP contribution is 2.39. The van der Waals surface area contributed by atoms with E-state index in [2.05, 4.69) is 6.92 Å². The van der Waals surface area contributed by atoms with Gasteiger partial charge in [0.2, 0.25) is 0 Å². The quantitative estimate of drug-likeness (QED) is 0.805. The second-order valence-electron chi connectivity index (χ2n) is 6.36. The number of rotatable bonds is 4. The summed E-state index contributed by atoms with van der Waals surface area (Å²) < 4.78 is 24.9. The van der Waals surface area contributed by atoms with E-state index < -0.39 is 0 Å². The molecule has 1 aliphatic carbocycles. The Balaban J connectivity index is 1.71. The van der Waals surface area contributed by atoms with Crippen LogP contribution < -0.4 is 9.47 Å². The summed E-state index contributed by atoms with van der Waals surface area (Å²) in [6, 6.07) is 12.6. The average Bonchev–Trinajstić information content (AvgIpc) is 3.38. The van der Waals surface area contributed by atoms with Crippen LogP contribution in [-0.4, -0.2) is 13.2 Å². The van der Waals surface area contributed by atoms with Crippen molar-refractivity contribution in [1.82, 2.24) is 0 Å². The van der Waals surface area contributed by atoms with Crippen LogP contribution in [0.5, 0.6) is 11.5 Å². The van der Waals surface area contributed by atoms with Crippen molar-refractivity contribution in [2.45, 2.75) is 19.8 Å². The Morgan fingerprint density at radius 3 is 2.65 bits per heavy atom. The van der Waals surface area contributed by atoms with Gasteiger partial charge in [0.15, 0.2) is 0 Å². The summed E-state index contributed by atoms with van der Waals surface area (Å²) >= 11 is 0. The molecule has 1 saturated carbocycles. The molecule has 3 heteroatoms. The first kappa shape index (κ1) is 14.3. The number of hydrogen-bond donors (Lipinski definition) is 0. The first-order valence-corrected chi connectivity index (χ1v) is 8.06. The molecule has 0 unspecified atom stereocenters. The van der Waals surface area contributed by atoms with Crippen molar-refractivity contribution in [3.05, 3.63) is 65.0 Å². The SMILES string of the molecule is CC1=C(c2ccc(F)cc2)c2cc(OCC3CC3)ccc2OC1. The van der Waals surface area contributed by atoms with Crippen molar-refractivity contribution >= 4 is 5.57 Å². The van der Waals surface area contributed by atoms with E-state index in [4.69, 9.17) is 9.47 Å². The van der Waals surface area contributed by atoms with Crippen LogP contribution in [0.15, 0.2) is 48.0 Å². The molecule has 0 amide bonds. The van der Waals surface area contributed by atoms with E-state index in [1.165, 1.54) is 25.0 Å². The predicted molar refractivity (Wildman–Crippen MR) is 88.3 cm³/mol. The number of fused-ring (bicyclic) bond motifs is 1. The Hall–Kier alpha value is -2.29. The highest BCUT2D eigenvalue weighted by atomic mass is 19.1. The molecule has 2 aliphatic rings. The van der Waals surface area contributed by atoms with Gasteiger partial charge in [-0.2, -0.15) is 0 Å². The molecule has 0 radical (unpaired) electrons. The summed E-state index contributed by atoms with van der Waals surface area (Å²) in [5.74, 6) is 2.22. The molecule has 23 heavy (non-hydrogen) atoms. The first-order valence-electron chi connectivity index (χ1n) is 8.06. The fourth-order valence-electron chi connectivity index (χ4n) is 2.93. The standard InChI is InChI=1S/C20H19FO2/c1-13-11-23-19-9-8-17(22-12-14-2-3-14)10-18(19)20(13)15-4-6-16(21)7-5-15/h4-10,14H,2-3,11-12H2,1H3. The van der Waals surface area contributed by atoms with Crippen molar-refractivity contribution in [3.63, 3.8) is 0 Å². The molecule has 2 nitrogen and oxygen atoms in total. The molecule has 0 aromatic heterocycles. The van der Waals surface area contributed by atoms with Crippen LogP contribution in [0.2, 0.25) is 0 Å². The van der Waals surface area contributed by atoms with Gasteiger partial charge in [0, 0.05) is 5.56 Å². The van der Waals surface area contributed by atoms with Gasteiger partial charge in [0.1, 0.15) is 23.9 Å². The number of hydrogen-bond acceptors (Lipinski definition) is 2. The zero-order valence-electron chi connectivity index (χ0n) is 13.1. The lowest BCUT2D eigenvalue weighted by Crippen LogP contribution is -2.11. The van der Waals surface area contributed by atoms with Gasteiger partial charge in [-0.15, -0.1) is 0 Å². The minimum Gasteiger partial charge on any atom is -0.493 e. The summed E-state index contributed by atoms with van der Waals surface area (Å²) in [6.07, 6.45) is 2.54. The summed E-state index contributed by atoms with van der Waals surface area (Å²) in [5.41, 5.74) is 4.29. The topological polar surface area (TPSA) is 18.5 Å². The van der Waals surface area contributed by atoms with Gasteiger partial charge < -0.3 is 9.47 Å². The second kappa shape index (κ2) is 5.73. The first-order chi connectivity index (χ1) is 11.2. The van der Waals surface area contributed by atoms with Gasteiger partial charge in [-0.1, -0.05) is 12.1 Å². The van der Waals surface area contributed by atoms with E-state index in [1.54, 1.807) is 0 Å². The molecule has 1 fully saturated rings. The van der Waals surface area contributed by atoms with Crippen molar-refractivity contribution in [2.75, 3.05) is 13.2 Å². The smallest absolute Gasteiger partial charge is 0.127 e. The summed E-state index contributed by atoms with van der Waals surface area (Å²) in [6.45, 7) is 3.40. The fourth-order valence-corrected chi connectivity index (χ4v) is 2.93. The average molecular weight is 310 g/mol. The molecule has 118 valence electrons. The van der Waals surface area contributed by atoms with Gasteiger partial charge >= 0.3 is 0 Å². The third-order valence-corrected chi connectivity index (χ3v) is 4.41. The van der Waals surface area contributed by atoms with Crippen molar-refractivity contribution in [3.8, 4) is 11.5 Å². The van der Waals surface area contributed by atoms with Crippen LogP contribution in [-0.2, 0) is 0 Å². The van der Waals surface area contributed by atoms with E-state index in [9.17, 15) is 4.39 Å². The number of benzene rings is 2. The van der Waals surface area contributed by atoms with E-state index >= 15 is 0 Å². The Bertz CT molecular complexity index is 758. The molecular weight excluding hydrogens is 291 g/mol. The maximum atomic E-state index is 13.2. The maximum Gasteiger partial charge on any atom is 0.127 e. The van der Waals surface area contributed by atoms with Gasteiger partial charge in [-0.3, -0.25) is 0 Å². The molecule has 1 aliphatic heterocycles.